The van der Waals surface area contributed by atoms with Gasteiger partial charge in [0.05, 0.1) is 49.0 Å². The zero-order valence-electron chi connectivity index (χ0n) is 73.1. The lowest BCUT2D eigenvalue weighted by Gasteiger charge is -2.25. The third kappa shape index (κ3) is 12.2. The topological polar surface area (TPSA) is 56.7 Å². The van der Waals surface area contributed by atoms with Gasteiger partial charge in [-0.1, -0.05) is 322 Å². The first-order valence-electron chi connectivity index (χ1n) is 46.0. The minimum Gasteiger partial charge on any atom is -0.310 e. The van der Waals surface area contributed by atoms with Gasteiger partial charge in [0.15, 0.2) is 0 Å². The molecule has 0 atom stereocenters. The lowest BCUT2D eigenvalue weighted by atomic mass is 9.96. The summed E-state index contributed by atoms with van der Waals surface area (Å²) in [6, 6.07) is 160. The maximum Gasteiger partial charge on any atom is 0.235 e. The maximum atomic E-state index is 5.47. The molecule has 11 heteroatoms. The Morgan fingerprint density at radius 2 is 0.662 bits per heavy atom. The Kier molecular flexibility index (Phi) is 18.0. The van der Waals surface area contributed by atoms with E-state index in [4.69, 9.17) is 9.97 Å². The monoisotopic (exact) mass is 1800 g/mol. The Morgan fingerprint density at radius 1 is 0.221 bits per heavy atom. The highest BCUT2D eigenvalue weighted by Crippen LogP contribution is 2.55. The molecule has 0 saturated carbocycles. The molecule has 0 saturated heterocycles. The maximum absolute atomic E-state index is 5.47. The Hall–Kier alpha value is -16.8. The summed E-state index contributed by atoms with van der Waals surface area (Å²) in [5.41, 5.74) is 21.0. The predicted molar refractivity (Wildman–Crippen MR) is 586 cm³/mol. The minimum absolute atomic E-state index is 0.685. The molecule has 9 aromatic heterocycles. The summed E-state index contributed by atoms with van der Waals surface area (Å²) in [5.74, 6) is 0.685. The van der Waals surface area contributed by atoms with Crippen LogP contribution in [0.5, 0.6) is 0 Å². The van der Waals surface area contributed by atoms with Crippen molar-refractivity contribution in [3.05, 3.63) is 455 Å². The Balaban J connectivity index is 0.000000103. The van der Waals surface area contributed by atoms with Crippen LogP contribution in [0.3, 0.4) is 0 Å². The number of nitrogens with zero attached hydrogens (tertiary/aromatic N) is 7. The van der Waals surface area contributed by atoms with Gasteiger partial charge >= 0.3 is 0 Å². The van der Waals surface area contributed by atoms with Crippen molar-refractivity contribution in [3.63, 3.8) is 0 Å². The summed E-state index contributed by atoms with van der Waals surface area (Å²) < 4.78 is 17.5. The summed E-state index contributed by atoms with van der Waals surface area (Å²) >= 11 is 7.48. The molecule has 0 aliphatic carbocycles. The van der Waals surface area contributed by atoms with E-state index in [1.807, 2.05) is 46.4 Å². The van der Waals surface area contributed by atoms with Gasteiger partial charge in [-0.15, -0.1) is 45.3 Å². The van der Waals surface area contributed by atoms with Gasteiger partial charge in [-0.05, 0) is 176 Å². The second-order valence-electron chi connectivity index (χ2n) is 35.0. The quantitative estimate of drug-likeness (QED) is 0.145. The average molecular weight is 1800 g/mol. The van der Waals surface area contributed by atoms with E-state index in [1.54, 1.807) is 11.3 Å². The van der Waals surface area contributed by atoms with Crippen LogP contribution in [0.1, 0.15) is 0 Å². The first-order valence-corrected chi connectivity index (χ1v) is 49.3. The number of thiophene rings is 4. The molecular weight excluding hydrogens is 1730 g/mol. The lowest BCUT2D eigenvalue weighted by molar-refractivity contribution is 1.02. The third-order valence-corrected chi connectivity index (χ3v) is 32.3. The number of benzene rings is 21. The van der Waals surface area contributed by atoms with Crippen molar-refractivity contribution in [1.29, 1.82) is 0 Å². The van der Waals surface area contributed by atoms with Gasteiger partial charge in [0.25, 0.3) is 0 Å². The van der Waals surface area contributed by atoms with E-state index in [9.17, 15) is 0 Å². The summed E-state index contributed by atoms with van der Waals surface area (Å²) in [4.78, 5) is 17.7. The fourth-order valence-electron chi connectivity index (χ4n) is 21.7. The molecule has 0 unspecified atom stereocenters. The zero-order valence-corrected chi connectivity index (χ0v) is 76.3. The number of fused-ring (bicyclic) bond motifs is 35. The van der Waals surface area contributed by atoms with Gasteiger partial charge in [0, 0.05) is 171 Å². The molecule has 0 fully saturated rings. The molecule has 0 bridgehead atoms. The molecule has 0 amide bonds. The van der Waals surface area contributed by atoms with E-state index >= 15 is 0 Å². The van der Waals surface area contributed by atoms with Gasteiger partial charge < -0.3 is 14.0 Å². The van der Waals surface area contributed by atoms with Crippen LogP contribution >= 0.6 is 45.3 Å². The number of pyridine rings is 1. The molecular formula is C125H75N7S4. The van der Waals surface area contributed by atoms with Crippen LogP contribution in [0.25, 0.3) is 251 Å². The number of rotatable bonds is 9. The van der Waals surface area contributed by atoms with Gasteiger partial charge in [0.1, 0.15) is 0 Å². The largest absolute Gasteiger partial charge is 0.310 e. The third-order valence-electron chi connectivity index (χ3n) is 27.6. The van der Waals surface area contributed by atoms with E-state index < -0.39 is 0 Å². The molecule has 30 aromatic rings. The minimum atomic E-state index is 0.685. The van der Waals surface area contributed by atoms with Crippen molar-refractivity contribution in [1.82, 2.24) is 28.7 Å². The van der Waals surface area contributed by atoms with Crippen molar-refractivity contribution in [2.45, 2.75) is 0 Å². The van der Waals surface area contributed by atoms with Crippen LogP contribution in [-0.4, -0.2) is 28.7 Å². The van der Waals surface area contributed by atoms with Crippen molar-refractivity contribution in [3.8, 4) is 50.8 Å². The molecule has 30 rings (SSSR count). The Morgan fingerprint density at radius 3 is 1.29 bits per heavy atom. The second kappa shape index (κ2) is 31.5. The predicted octanol–water partition coefficient (Wildman–Crippen LogP) is 36.2. The highest BCUT2D eigenvalue weighted by molar-refractivity contribution is 7.28. The van der Waals surface area contributed by atoms with Crippen LogP contribution in [0.15, 0.2) is 455 Å². The highest BCUT2D eigenvalue weighted by Gasteiger charge is 2.29. The summed E-state index contributed by atoms with van der Waals surface area (Å²) in [6.07, 6.45) is 3.83. The molecule has 7 nitrogen and oxygen atoms in total. The van der Waals surface area contributed by atoms with Crippen molar-refractivity contribution in [2.75, 3.05) is 4.90 Å². The van der Waals surface area contributed by atoms with E-state index in [0.717, 1.165) is 60.3 Å². The van der Waals surface area contributed by atoms with Gasteiger partial charge in [0.2, 0.25) is 5.95 Å². The van der Waals surface area contributed by atoms with Crippen LogP contribution in [0.4, 0.5) is 17.1 Å². The number of anilines is 3. The first-order chi connectivity index (χ1) is 67.5. The van der Waals surface area contributed by atoms with E-state index in [0.29, 0.717) is 5.95 Å². The molecule has 136 heavy (non-hydrogen) atoms. The van der Waals surface area contributed by atoms with E-state index in [2.05, 4.69) is 466 Å². The number of aromatic nitrogens is 6. The number of hydrogen-bond acceptors (Lipinski definition) is 8. The lowest BCUT2D eigenvalue weighted by Crippen LogP contribution is -2.09. The normalized spacial score (nSPS) is 12.0. The first kappa shape index (κ1) is 77.9. The average Bonchev–Trinajstić information content (AvgIpc) is 1.55. The SMILES string of the molecule is c1ccc(-c2ccc3c(c2)c2c4sc5ccccc5c4c4ccccc4c2n3-c2ccccc2)cc1.c1ccc(-c2nc(-n3c4ccccc4c4c5sc6ccc(-c7cccc8cnccc78)cc6c5c5ccccc5c43)nc3c2sc2ccccc23)cc1.c1ccc(N(c2ccccc2)c2ccc3sc4c(c3c2)c2ccccc2c2c4c3ccccc3n2-c2ccc3ccccc3c2)cc1. The molecule has 0 radical (unpaired) electrons. The fourth-order valence-corrected chi connectivity index (χ4v) is 26.7. The van der Waals surface area contributed by atoms with Gasteiger partial charge in [-0.25, -0.2) is 9.97 Å². The summed E-state index contributed by atoms with van der Waals surface area (Å²) in [5, 5.41) is 29.2. The molecule has 0 aliphatic heterocycles. The van der Waals surface area contributed by atoms with Crippen LogP contribution in [0, 0.1) is 0 Å². The molecule has 0 aliphatic rings. The summed E-state index contributed by atoms with van der Waals surface area (Å²) in [7, 11) is 0. The van der Waals surface area contributed by atoms with Crippen molar-refractivity contribution < 1.29 is 0 Å². The number of para-hydroxylation sites is 5. The zero-order chi connectivity index (χ0) is 89.2. The molecule has 634 valence electrons. The van der Waals surface area contributed by atoms with Crippen LogP contribution in [0.2, 0.25) is 0 Å². The fraction of sp³-hybridized carbons (Fsp3) is 0. The van der Waals surface area contributed by atoms with Crippen molar-refractivity contribution >= 4 is 263 Å². The van der Waals surface area contributed by atoms with Gasteiger partial charge in [-0.2, -0.15) is 0 Å². The molecule has 9 heterocycles. The molecule has 0 spiro atoms. The van der Waals surface area contributed by atoms with Crippen molar-refractivity contribution in [2.24, 2.45) is 0 Å². The van der Waals surface area contributed by atoms with Crippen LogP contribution < -0.4 is 4.90 Å². The second-order valence-corrected chi connectivity index (χ2v) is 39.3. The number of hydrogen-bond donors (Lipinski definition) is 0. The van der Waals surface area contributed by atoms with E-state index in [1.165, 1.54) is 202 Å². The Bertz CT molecular complexity index is 10100. The highest BCUT2D eigenvalue weighted by atomic mass is 32.1. The molecule has 21 aromatic carbocycles. The van der Waals surface area contributed by atoms with E-state index in [-0.39, 0.29) is 0 Å². The Labute approximate surface area is 795 Å². The molecule has 0 N–H and O–H groups in total. The standard InChI is InChI=1S/C47H26N4S2.C44H28N2S.C34H21NS/c1-2-11-27(12-3-1)42-46-43(35-17-7-9-20-38(35)53-46)50-47(49-42)51-37-19-8-6-16-34(37)41-44(51)33-15-5-4-14-32(33)40-36-25-28(21-22-39(36)52-45(40)41)30-18-10-13-29-26-48-24-23-31(29)30;1-3-15-31(16-4-1)45(32-17-5-2-6-18-32)34-25-26-40-38(28-34)41-35-19-9-10-20-36(35)43-42(44(41)47-40)37-21-11-12-22-39(37)46(43)33-24-23-29-13-7-8-14-30(29)27-33;1-3-11-22(12-4-1)23-19-20-29-28(21-23)32-33(35(29)24-13-5-2-6-14-24)26-16-8-7-15-25(26)31-27-17-9-10-18-30(27)36-34(31)32/h1-26H;1-28H;1-21H. The van der Waals surface area contributed by atoms with Crippen LogP contribution in [-0.2, 0) is 0 Å². The smallest absolute Gasteiger partial charge is 0.235 e. The summed E-state index contributed by atoms with van der Waals surface area (Å²) in [6.45, 7) is 0. The van der Waals surface area contributed by atoms with Gasteiger partial charge in [-0.3, -0.25) is 9.55 Å².